The van der Waals surface area contributed by atoms with E-state index in [2.05, 4.69) is 44.3 Å². The summed E-state index contributed by atoms with van der Waals surface area (Å²) in [4.78, 5) is 0. The van der Waals surface area contributed by atoms with E-state index >= 15 is 0 Å². The first-order chi connectivity index (χ1) is 9.21. The molecule has 108 valence electrons. The monoisotopic (exact) mass is 263 g/mol. The molecule has 0 radical (unpaired) electrons. The average Bonchev–Trinajstić information content (AvgIpc) is 2.42. The molecule has 1 aromatic carbocycles. The van der Waals surface area contributed by atoms with Gasteiger partial charge in [-0.3, -0.25) is 0 Å². The van der Waals surface area contributed by atoms with Crippen molar-refractivity contribution >= 4 is 0 Å². The third kappa shape index (κ3) is 5.65. The summed E-state index contributed by atoms with van der Waals surface area (Å²) in [6.07, 6.45) is 6.11. The van der Waals surface area contributed by atoms with Crippen LogP contribution >= 0.6 is 0 Å². The van der Waals surface area contributed by atoms with Crippen LogP contribution in [0.4, 0.5) is 0 Å². The Morgan fingerprint density at radius 1 is 1.16 bits per heavy atom. The van der Waals surface area contributed by atoms with Crippen molar-refractivity contribution < 1.29 is 4.74 Å². The Hall–Kier alpha value is -1.02. The van der Waals surface area contributed by atoms with Crippen molar-refractivity contribution in [1.82, 2.24) is 5.32 Å². The summed E-state index contributed by atoms with van der Waals surface area (Å²) in [7, 11) is 1.72. The van der Waals surface area contributed by atoms with Gasteiger partial charge in [-0.2, -0.15) is 0 Å². The molecule has 0 aliphatic carbocycles. The van der Waals surface area contributed by atoms with Crippen molar-refractivity contribution in [2.24, 2.45) is 0 Å². The maximum absolute atomic E-state index is 5.25. The zero-order chi connectivity index (χ0) is 14.1. The number of benzene rings is 1. The first kappa shape index (κ1) is 16.0. The van der Waals surface area contributed by atoms with Crippen molar-refractivity contribution in [3.05, 3.63) is 29.3 Å². The maximum Gasteiger partial charge on any atom is 0.119 e. The minimum atomic E-state index is 0.659. The lowest BCUT2D eigenvalue weighted by molar-refractivity contribution is 0.414. The van der Waals surface area contributed by atoms with E-state index < -0.39 is 0 Å². The molecule has 0 saturated carbocycles. The Kier molecular flexibility index (Phi) is 7.57. The summed E-state index contributed by atoms with van der Waals surface area (Å²) in [6, 6.07) is 7.06. The van der Waals surface area contributed by atoms with Crippen LogP contribution in [0.3, 0.4) is 0 Å². The van der Waals surface area contributed by atoms with Crippen molar-refractivity contribution in [2.45, 2.75) is 58.9 Å². The van der Waals surface area contributed by atoms with E-state index in [9.17, 15) is 0 Å². The highest BCUT2D eigenvalue weighted by Gasteiger charge is 2.08. The van der Waals surface area contributed by atoms with Gasteiger partial charge >= 0.3 is 0 Å². The van der Waals surface area contributed by atoms with E-state index in [1.54, 1.807) is 7.11 Å². The molecule has 0 amide bonds. The Morgan fingerprint density at radius 2 is 1.95 bits per heavy atom. The Labute approximate surface area is 118 Å². The lowest BCUT2D eigenvalue weighted by atomic mass is 9.98. The standard InChI is InChI=1S/C17H29NO/c1-5-7-16(18-12-6-2)10-8-15-9-11-17(19-4)13-14(15)3/h9,11,13,16,18H,5-8,10,12H2,1-4H3. The molecule has 0 saturated heterocycles. The van der Waals surface area contributed by atoms with E-state index in [0.29, 0.717) is 6.04 Å². The predicted octanol–water partition coefficient (Wildman–Crippen LogP) is 4.10. The third-order valence-electron chi connectivity index (χ3n) is 3.63. The summed E-state index contributed by atoms with van der Waals surface area (Å²) in [6.45, 7) is 7.79. The van der Waals surface area contributed by atoms with Crippen LogP contribution in [0.25, 0.3) is 0 Å². The van der Waals surface area contributed by atoms with Gasteiger partial charge in [0.15, 0.2) is 0 Å². The summed E-state index contributed by atoms with van der Waals surface area (Å²) < 4.78 is 5.25. The topological polar surface area (TPSA) is 21.3 Å². The Morgan fingerprint density at radius 3 is 2.53 bits per heavy atom. The van der Waals surface area contributed by atoms with Crippen LogP contribution in [0.5, 0.6) is 5.75 Å². The van der Waals surface area contributed by atoms with Crippen LogP contribution < -0.4 is 10.1 Å². The molecule has 2 nitrogen and oxygen atoms in total. The largest absolute Gasteiger partial charge is 0.497 e. The number of hydrogen-bond acceptors (Lipinski definition) is 2. The lowest BCUT2D eigenvalue weighted by Crippen LogP contribution is -2.30. The van der Waals surface area contributed by atoms with Gasteiger partial charge in [0, 0.05) is 6.04 Å². The fraction of sp³-hybridized carbons (Fsp3) is 0.647. The molecule has 0 heterocycles. The SMILES string of the molecule is CCCNC(CCC)CCc1ccc(OC)cc1C. The van der Waals surface area contributed by atoms with Gasteiger partial charge in [-0.25, -0.2) is 0 Å². The predicted molar refractivity (Wildman–Crippen MR) is 83.0 cm³/mol. The third-order valence-corrected chi connectivity index (χ3v) is 3.63. The molecule has 1 N–H and O–H groups in total. The van der Waals surface area contributed by atoms with Gasteiger partial charge < -0.3 is 10.1 Å². The minimum absolute atomic E-state index is 0.659. The van der Waals surface area contributed by atoms with Crippen LogP contribution in [0.2, 0.25) is 0 Å². The van der Waals surface area contributed by atoms with Crippen molar-refractivity contribution in [2.75, 3.05) is 13.7 Å². The summed E-state index contributed by atoms with van der Waals surface area (Å²) >= 11 is 0. The van der Waals surface area contributed by atoms with Crippen LogP contribution in [0.15, 0.2) is 18.2 Å². The van der Waals surface area contributed by atoms with Gasteiger partial charge in [0.05, 0.1) is 7.11 Å². The molecular formula is C17H29NO. The second kappa shape index (κ2) is 8.98. The molecule has 0 aromatic heterocycles. The quantitative estimate of drug-likeness (QED) is 0.724. The van der Waals surface area contributed by atoms with Crippen molar-refractivity contribution in [3.8, 4) is 5.75 Å². The molecule has 1 rings (SSSR count). The number of aryl methyl sites for hydroxylation is 2. The molecule has 0 aliphatic heterocycles. The highest BCUT2D eigenvalue weighted by atomic mass is 16.5. The minimum Gasteiger partial charge on any atom is -0.497 e. The number of nitrogens with one attached hydrogen (secondary N) is 1. The van der Waals surface area contributed by atoms with E-state index in [0.717, 1.165) is 18.7 Å². The fourth-order valence-corrected chi connectivity index (χ4v) is 2.45. The van der Waals surface area contributed by atoms with Gasteiger partial charge in [0.25, 0.3) is 0 Å². The molecular weight excluding hydrogens is 234 g/mol. The Bertz CT molecular complexity index is 362. The number of hydrogen-bond donors (Lipinski definition) is 1. The number of methoxy groups -OCH3 is 1. The number of ether oxygens (including phenoxy) is 1. The van der Waals surface area contributed by atoms with Crippen LogP contribution in [0, 0.1) is 6.92 Å². The summed E-state index contributed by atoms with van der Waals surface area (Å²) in [5, 5.41) is 3.66. The van der Waals surface area contributed by atoms with Gasteiger partial charge in [0.1, 0.15) is 5.75 Å². The first-order valence-corrected chi connectivity index (χ1v) is 7.58. The van der Waals surface area contributed by atoms with E-state index in [1.165, 1.54) is 36.8 Å². The van der Waals surface area contributed by atoms with Gasteiger partial charge in [-0.05, 0) is 62.4 Å². The van der Waals surface area contributed by atoms with Gasteiger partial charge in [-0.15, -0.1) is 0 Å². The van der Waals surface area contributed by atoms with E-state index in [1.807, 2.05) is 0 Å². The highest BCUT2D eigenvalue weighted by Crippen LogP contribution is 2.19. The van der Waals surface area contributed by atoms with Crippen LogP contribution in [-0.4, -0.2) is 19.7 Å². The molecule has 2 heteroatoms. The second-order valence-corrected chi connectivity index (χ2v) is 5.27. The zero-order valence-corrected chi connectivity index (χ0v) is 13.0. The number of rotatable bonds is 9. The van der Waals surface area contributed by atoms with Gasteiger partial charge in [0.2, 0.25) is 0 Å². The molecule has 1 unspecified atom stereocenters. The molecule has 0 fully saturated rings. The molecule has 0 aliphatic rings. The van der Waals surface area contributed by atoms with Crippen LogP contribution in [-0.2, 0) is 6.42 Å². The molecule has 19 heavy (non-hydrogen) atoms. The molecule has 1 atom stereocenters. The first-order valence-electron chi connectivity index (χ1n) is 7.58. The lowest BCUT2D eigenvalue weighted by Gasteiger charge is -2.18. The molecule has 1 aromatic rings. The van der Waals surface area contributed by atoms with Crippen molar-refractivity contribution in [3.63, 3.8) is 0 Å². The smallest absolute Gasteiger partial charge is 0.119 e. The van der Waals surface area contributed by atoms with E-state index in [4.69, 9.17) is 4.74 Å². The highest BCUT2D eigenvalue weighted by molar-refractivity contribution is 5.34. The normalized spacial score (nSPS) is 12.4. The van der Waals surface area contributed by atoms with E-state index in [-0.39, 0.29) is 0 Å². The molecule has 0 spiro atoms. The fourth-order valence-electron chi connectivity index (χ4n) is 2.45. The Balaban J connectivity index is 2.53. The van der Waals surface area contributed by atoms with Crippen molar-refractivity contribution in [1.29, 1.82) is 0 Å². The zero-order valence-electron chi connectivity index (χ0n) is 13.0. The van der Waals surface area contributed by atoms with Crippen LogP contribution in [0.1, 0.15) is 50.7 Å². The molecule has 0 bridgehead atoms. The summed E-state index contributed by atoms with van der Waals surface area (Å²) in [5.41, 5.74) is 2.78. The maximum atomic E-state index is 5.25. The second-order valence-electron chi connectivity index (χ2n) is 5.27. The van der Waals surface area contributed by atoms with Gasteiger partial charge in [-0.1, -0.05) is 26.3 Å². The summed E-state index contributed by atoms with van der Waals surface area (Å²) in [5.74, 6) is 0.954. The average molecular weight is 263 g/mol.